The average Bonchev–Trinajstić information content (AvgIpc) is 3.05. The molecule has 1 unspecified atom stereocenters. The van der Waals surface area contributed by atoms with Crippen LogP contribution in [-0.4, -0.2) is 30.7 Å². The molecule has 1 atom stereocenters. The molecule has 1 aliphatic heterocycles. The number of halogens is 2. The van der Waals surface area contributed by atoms with Gasteiger partial charge in [-0.2, -0.15) is 8.78 Å². The molecule has 1 fully saturated rings. The predicted molar refractivity (Wildman–Crippen MR) is 105 cm³/mol. The zero-order chi connectivity index (χ0) is 20.1. The zero-order valence-corrected chi connectivity index (χ0v) is 16.0. The molecule has 1 saturated heterocycles. The van der Waals surface area contributed by atoms with Crippen LogP contribution in [0.25, 0.3) is 0 Å². The fourth-order valence-electron chi connectivity index (χ4n) is 3.04. The van der Waals surface area contributed by atoms with E-state index in [1.54, 1.807) is 29.2 Å². The van der Waals surface area contributed by atoms with Crippen molar-refractivity contribution in [3.05, 3.63) is 48.5 Å². The second-order valence-corrected chi connectivity index (χ2v) is 7.26. The highest BCUT2D eigenvalue weighted by molar-refractivity contribution is 7.99. The summed E-state index contributed by atoms with van der Waals surface area (Å²) in [7, 11) is 0. The number of anilines is 2. The Morgan fingerprint density at radius 3 is 2.64 bits per heavy atom. The third-order valence-electron chi connectivity index (χ3n) is 4.30. The number of carbonyl (C=O) groups excluding carboxylic acids is 2. The Kier molecular flexibility index (Phi) is 6.51. The van der Waals surface area contributed by atoms with Gasteiger partial charge < -0.3 is 15.0 Å². The summed E-state index contributed by atoms with van der Waals surface area (Å²) in [6.07, 6.45) is 0.103. The molecule has 2 aromatic rings. The van der Waals surface area contributed by atoms with Crippen molar-refractivity contribution in [1.82, 2.24) is 0 Å². The highest BCUT2D eigenvalue weighted by atomic mass is 32.2. The zero-order valence-electron chi connectivity index (χ0n) is 15.2. The van der Waals surface area contributed by atoms with Crippen molar-refractivity contribution < 1.29 is 23.1 Å². The molecule has 2 amide bonds. The Labute approximate surface area is 166 Å². The van der Waals surface area contributed by atoms with Crippen LogP contribution in [-0.2, 0) is 9.59 Å². The number of nitrogens with one attached hydrogen (secondary N) is 1. The van der Waals surface area contributed by atoms with E-state index < -0.39 is 11.7 Å². The maximum Gasteiger partial charge on any atom is 0.288 e. The number of ether oxygens (including phenoxy) is 1. The van der Waals surface area contributed by atoms with Crippen molar-refractivity contribution >= 4 is 35.0 Å². The minimum Gasteiger partial charge on any atom is -0.492 e. The summed E-state index contributed by atoms with van der Waals surface area (Å²) in [6, 6.07) is 13.4. The van der Waals surface area contributed by atoms with E-state index in [0.29, 0.717) is 40.4 Å². The molecule has 3 rings (SSSR count). The summed E-state index contributed by atoms with van der Waals surface area (Å²) in [6.45, 7) is 2.60. The molecule has 0 saturated carbocycles. The number of rotatable bonds is 7. The number of hydrogen-bond donors (Lipinski definition) is 1. The number of carbonyl (C=O) groups is 2. The molecule has 1 heterocycles. The number of alkyl halides is 2. The molecule has 148 valence electrons. The number of para-hydroxylation sites is 2. The molecular formula is C20H20F2N2O3S. The quantitative estimate of drug-likeness (QED) is 0.693. The number of amides is 2. The van der Waals surface area contributed by atoms with Crippen molar-refractivity contribution in [3.8, 4) is 5.75 Å². The summed E-state index contributed by atoms with van der Waals surface area (Å²) in [4.78, 5) is 27.0. The van der Waals surface area contributed by atoms with Crippen LogP contribution in [0.4, 0.5) is 20.2 Å². The first-order valence-electron chi connectivity index (χ1n) is 8.86. The summed E-state index contributed by atoms with van der Waals surface area (Å²) in [5.41, 5.74) is 1.15. The number of benzene rings is 2. The lowest BCUT2D eigenvalue weighted by Gasteiger charge is -2.20. The Hall–Kier alpha value is -2.61. The van der Waals surface area contributed by atoms with Gasteiger partial charge in [0.2, 0.25) is 11.8 Å². The first-order chi connectivity index (χ1) is 13.5. The van der Waals surface area contributed by atoms with Gasteiger partial charge in [-0.1, -0.05) is 23.9 Å². The van der Waals surface area contributed by atoms with Crippen LogP contribution >= 0.6 is 11.8 Å². The first kappa shape index (κ1) is 20.1. The first-order valence-corrected chi connectivity index (χ1v) is 9.73. The Morgan fingerprint density at radius 2 is 1.96 bits per heavy atom. The van der Waals surface area contributed by atoms with Crippen molar-refractivity contribution in [2.45, 2.75) is 24.0 Å². The standard InChI is InChI=1S/C20H20F2N2O3S/c1-2-27-17-6-4-3-5-16(17)24-12-13(11-18(24)25)19(26)23-14-7-9-15(10-8-14)28-20(21)22/h3-10,13,20H,2,11-12H2,1H3,(H,23,26). The highest BCUT2D eigenvalue weighted by Gasteiger charge is 2.36. The van der Waals surface area contributed by atoms with Gasteiger partial charge >= 0.3 is 0 Å². The van der Waals surface area contributed by atoms with Crippen LogP contribution in [0.3, 0.4) is 0 Å². The van der Waals surface area contributed by atoms with Crippen molar-refractivity contribution in [2.24, 2.45) is 5.92 Å². The van der Waals surface area contributed by atoms with E-state index in [0.717, 1.165) is 0 Å². The highest BCUT2D eigenvalue weighted by Crippen LogP contribution is 2.33. The number of thioether (sulfide) groups is 1. The molecule has 5 nitrogen and oxygen atoms in total. The van der Waals surface area contributed by atoms with Gasteiger partial charge in [-0.25, -0.2) is 0 Å². The van der Waals surface area contributed by atoms with Crippen LogP contribution in [0.15, 0.2) is 53.4 Å². The molecule has 28 heavy (non-hydrogen) atoms. The van der Waals surface area contributed by atoms with Crippen molar-refractivity contribution in [3.63, 3.8) is 0 Å². The lowest BCUT2D eigenvalue weighted by atomic mass is 10.1. The summed E-state index contributed by atoms with van der Waals surface area (Å²) in [5.74, 6) is -2.81. The van der Waals surface area contributed by atoms with Crippen LogP contribution in [0.5, 0.6) is 5.75 Å². The average molecular weight is 406 g/mol. The molecule has 0 radical (unpaired) electrons. The topological polar surface area (TPSA) is 58.6 Å². The molecule has 0 spiro atoms. The third kappa shape index (κ3) is 4.81. The molecule has 8 heteroatoms. The van der Waals surface area contributed by atoms with Gasteiger partial charge in [0, 0.05) is 23.5 Å². The lowest BCUT2D eigenvalue weighted by molar-refractivity contribution is -0.122. The number of hydrogen-bond acceptors (Lipinski definition) is 4. The summed E-state index contributed by atoms with van der Waals surface area (Å²) in [5, 5.41) is 2.75. The van der Waals surface area contributed by atoms with Gasteiger partial charge in [0.1, 0.15) is 5.75 Å². The Morgan fingerprint density at radius 1 is 1.25 bits per heavy atom. The molecule has 1 N–H and O–H groups in total. The molecule has 0 bridgehead atoms. The predicted octanol–water partition coefficient (Wildman–Crippen LogP) is 4.39. The van der Waals surface area contributed by atoms with Gasteiger partial charge in [0.15, 0.2) is 0 Å². The second-order valence-electron chi connectivity index (χ2n) is 6.20. The molecule has 0 aromatic heterocycles. The fourth-order valence-corrected chi connectivity index (χ4v) is 3.54. The van der Waals surface area contributed by atoms with Gasteiger partial charge in [0.05, 0.1) is 18.2 Å². The Bertz CT molecular complexity index is 846. The Balaban J connectivity index is 1.65. The van der Waals surface area contributed by atoms with E-state index in [9.17, 15) is 18.4 Å². The largest absolute Gasteiger partial charge is 0.492 e. The lowest BCUT2D eigenvalue weighted by Crippen LogP contribution is -2.28. The van der Waals surface area contributed by atoms with Gasteiger partial charge in [0.25, 0.3) is 5.76 Å². The second kappa shape index (κ2) is 9.05. The molecule has 2 aromatic carbocycles. The van der Waals surface area contributed by atoms with Gasteiger partial charge in [-0.05, 0) is 43.3 Å². The van der Waals surface area contributed by atoms with E-state index in [1.807, 2.05) is 19.1 Å². The minimum atomic E-state index is -2.49. The van der Waals surface area contributed by atoms with Crippen molar-refractivity contribution in [1.29, 1.82) is 0 Å². The minimum absolute atomic E-state index is 0.103. The maximum atomic E-state index is 12.6. The third-order valence-corrected chi connectivity index (χ3v) is 5.02. The van der Waals surface area contributed by atoms with E-state index in [2.05, 4.69) is 5.32 Å². The normalized spacial score (nSPS) is 16.5. The van der Waals surface area contributed by atoms with Crippen molar-refractivity contribution in [2.75, 3.05) is 23.4 Å². The van der Waals surface area contributed by atoms with E-state index in [4.69, 9.17) is 4.74 Å². The molecule has 1 aliphatic rings. The fraction of sp³-hybridized carbons (Fsp3) is 0.300. The molecule has 0 aliphatic carbocycles. The van der Waals surface area contributed by atoms with E-state index in [-0.39, 0.29) is 24.8 Å². The maximum absolute atomic E-state index is 12.6. The SMILES string of the molecule is CCOc1ccccc1N1CC(C(=O)Nc2ccc(SC(F)F)cc2)CC1=O. The van der Waals surface area contributed by atoms with E-state index >= 15 is 0 Å². The van der Waals surface area contributed by atoms with Crippen LogP contribution in [0, 0.1) is 5.92 Å². The van der Waals surface area contributed by atoms with Gasteiger partial charge in [-0.15, -0.1) is 0 Å². The number of nitrogens with zero attached hydrogens (tertiary/aromatic N) is 1. The summed E-state index contributed by atoms with van der Waals surface area (Å²) >= 11 is 0.446. The van der Waals surface area contributed by atoms with Crippen LogP contribution in [0.2, 0.25) is 0 Å². The smallest absolute Gasteiger partial charge is 0.288 e. The van der Waals surface area contributed by atoms with E-state index in [1.165, 1.54) is 12.1 Å². The molecular weight excluding hydrogens is 386 g/mol. The van der Waals surface area contributed by atoms with Crippen LogP contribution in [0.1, 0.15) is 13.3 Å². The van der Waals surface area contributed by atoms with Crippen LogP contribution < -0.4 is 15.0 Å². The summed E-state index contributed by atoms with van der Waals surface area (Å²) < 4.78 is 30.3. The monoisotopic (exact) mass is 406 g/mol. The van der Waals surface area contributed by atoms with Gasteiger partial charge in [-0.3, -0.25) is 9.59 Å².